The van der Waals surface area contributed by atoms with Crippen molar-refractivity contribution in [3.8, 4) is 0 Å². The molecule has 0 atom stereocenters. The number of halogens is 1. The zero-order valence-electron chi connectivity index (χ0n) is 7.44. The molecular formula is C9H9BrN4. The third-order valence-electron chi connectivity index (χ3n) is 1.85. The zero-order valence-corrected chi connectivity index (χ0v) is 9.03. The van der Waals surface area contributed by atoms with Gasteiger partial charge in [-0.15, -0.1) is 10.2 Å². The lowest BCUT2D eigenvalue weighted by Crippen LogP contribution is -2.07. The quantitative estimate of drug-likeness (QED) is 0.875. The first-order valence-corrected chi connectivity index (χ1v) is 5.08. The van der Waals surface area contributed by atoms with E-state index < -0.39 is 0 Å². The van der Waals surface area contributed by atoms with Crippen LogP contribution in [0.15, 0.2) is 22.7 Å². The molecule has 0 radical (unpaired) electrons. The molecule has 0 aliphatic rings. The predicted molar refractivity (Wildman–Crippen MR) is 57.8 cm³/mol. The minimum absolute atomic E-state index is 0.543. The first kappa shape index (κ1) is 9.48. The summed E-state index contributed by atoms with van der Waals surface area (Å²) in [5.74, 6) is 0.693. The molecule has 5 heteroatoms. The maximum atomic E-state index is 5.42. The molecule has 0 spiro atoms. The summed E-state index contributed by atoms with van der Waals surface area (Å²) in [6.45, 7) is 0.543. The second-order valence-electron chi connectivity index (χ2n) is 2.87. The highest BCUT2D eigenvalue weighted by Crippen LogP contribution is 2.19. The van der Waals surface area contributed by atoms with Crippen LogP contribution in [-0.4, -0.2) is 21.7 Å². The summed E-state index contributed by atoms with van der Waals surface area (Å²) < 4.78 is 0.911. The van der Waals surface area contributed by atoms with Crippen molar-refractivity contribution in [2.75, 3.05) is 6.54 Å². The minimum Gasteiger partial charge on any atom is -0.330 e. The fourth-order valence-corrected chi connectivity index (χ4v) is 1.63. The number of rotatable bonds is 2. The Morgan fingerprint density at radius 1 is 1.29 bits per heavy atom. The SMILES string of the molecule is NCCc1nnc2c(Br)cccc2n1. The van der Waals surface area contributed by atoms with Crippen LogP contribution in [0.5, 0.6) is 0 Å². The molecule has 0 bridgehead atoms. The Morgan fingerprint density at radius 3 is 2.93 bits per heavy atom. The van der Waals surface area contributed by atoms with Gasteiger partial charge < -0.3 is 5.73 Å². The average molecular weight is 253 g/mol. The minimum atomic E-state index is 0.543. The van der Waals surface area contributed by atoms with Gasteiger partial charge in [0, 0.05) is 10.9 Å². The van der Waals surface area contributed by atoms with Crippen LogP contribution in [0.4, 0.5) is 0 Å². The number of hydrogen-bond donors (Lipinski definition) is 1. The Balaban J connectivity index is 2.56. The molecule has 0 saturated heterocycles. The van der Waals surface area contributed by atoms with E-state index in [0.29, 0.717) is 18.8 Å². The smallest absolute Gasteiger partial charge is 0.152 e. The second-order valence-corrected chi connectivity index (χ2v) is 3.73. The fourth-order valence-electron chi connectivity index (χ4n) is 1.20. The van der Waals surface area contributed by atoms with E-state index in [0.717, 1.165) is 15.5 Å². The normalized spacial score (nSPS) is 10.7. The molecule has 0 fully saturated rings. The Hall–Kier alpha value is -1.07. The number of hydrogen-bond acceptors (Lipinski definition) is 4. The van der Waals surface area contributed by atoms with E-state index in [2.05, 4.69) is 31.1 Å². The van der Waals surface area contributed by atoms with Crippen molar-refractivity contribution in [1.29, 1.82) is 0 Å². The molecule has 14 heavy (non-hydrogen) atoms. The molecule has 2 aromatic rings. The highest BCUT2D eigenvalue weighted by molar-refractivity contribution is 9.10. The van der Waals surface area contributed by atoms with E-state index in [4.69, 9.17) is 5.73 Å². The van der Waals surface area contributed by atoms with Gasteiger partial charge in [-0.05, 0) is 34.6 Å². The molecule has 2 N–H and O–H groups in total. The number of nitrogens with zero attached hydrogens (tertiary/aromatic N) is 3. The van der Waals surface area contributed by atoms with Crippen LogP contribution < -0.4 is 5.73 Å². The van der Waals surface area contributed by atoms with Crippen molar-refractivity contribution < 1.29 is 0 Å². The largest absolute Gasteiger partial charge is 0.330 e. The highest BCUT2D eigenvalue weighted by atomic mass is 79.9. The van der Waals surface area contributed by atoms with E-state index in [9.17, 15) is 0 Å². The maximum Gasteiger partial charge on any atom is 0.152 e. The summed E-state index contributed by atoms with van der Waals surface area (Å²) in [4.78, 5) is 4.34. The molecular weight excluding hydrogens is 244 g/mol. The van der Waals surface area contributed by atoms with Gasteiger partial charge in [0.2, 0.25) is 0 Å². The monoisotopic (exact) mass is 252 g/mol. The van der Waals surface area contributed by atoms with Gasteiger partial charge in [0.1, 0.15) is 5.52 Å². The molecule has 2 rings (SSSR count). The van der Waals surface area contributed by atoms with Gasteiger partial charge in [-0.3, -0.25) is 0 Å². The van der Waals surface area contributed by atoms with Crippen molar-refractivity contribution in [3.05, 3.63) is 28.5 Å². The second kappa shape index (κ2) is 3.98. The summed E-state index contributed by atoms with van der Waals surface area (Å²) in [5.41, 5.74) is 7.05. The van der Waals surface area contributed by atoms with Crippen LogP contribution in [0, 0.1) is 0 Å². The molecule has 0 unspecified atom stereocenters. The number of fused-ring (bicyclic) bond motifs is 1. The van der Waals surface area contributed by atoms with Crippen molar-refractivity contribution >= 4 is 27.0 Å². The lowest BCUT2D eigenvalue weighted by molar-refractivity contribution is 0.831. The fraction of sp³-hybridized carbons (Fsp3) is 0.222. The lowest BCUT2D eigenvalue weighted by Gasteiger charge is -2.00. The summed E-state index contributed by atoms with van der Waals surface area (Å²) >= 11 is 3.39. The van der Waals surface area contributed by atoms with Gasteiger partial charge in [-0.25, -0.2) is 4.98 Å². The van der Waals surface area contributed by atoms with Crippen LogP contribution >= 0.6 is 15.9 Å². The Kier molecular flexibility index (Phi) is 2.69. The molecule has 0 aliphatic heterocycles. The molecule has 0 aliphatic carbocycles. The van der Waals surface area contributed by atoms with Crippen molar-refractivity contribution in [2.45, 2.75) is 6.42 Å². The molecule has 1 aromatic carbocycles. The summed E-state index contributed by atoms with van der Waals surface area (Å²) in [6, 6.07) is 5.75. The maximum absolute atomic E-state index is 5.42. The molecule has 0 amide bonds. The van der Waals surface area contributed by atoms with Crippen LogP contribution in [-0.2, 0) is 6.42 Å². The van der Waals surface area contributed by atoms with Crippen molar-refractivity contribution in [1.82, 2.24) is 15.2 Å². The van der Waals surface area contributed by atoms with Gasteiger partial charge >= 0.3 is 0 Å². The summed E-state index contributed by atoms with van der Waals surface area (Å²) in [6.07, 6.45) is 0.662. The van der Waals surface area contributed by atoms with E-state index >= 15 is 0 Å². The molecule has 4 nitrogen and oxygen atoms in total. The van der Waals surface area contributed by atoms with Gasteiger partial charge in [0.25, 0.3) is 0 Å². The van der Waals surface area contributed by atoms with E-state index in [1.807, 2.05) is 18.2 Å². The van der Waals surface area contributed by atoms with Crippen LogP contribution in [0.1, 0.15) is 5.82 Å². The first-order chi connectivity index (χ1) is 6.81. The van der Waals surface area contributed by atoms with Gasteiger partial charge in [-0.2, -0.15) is 0 Å². The Bertz CT molecular complexity index is 458. The van der Waals surface area contributed by atoms with Gasteiger partial charge in [-0.1, -0.05) is 6.07 Å². The van der Waals surface area contributed by atoms with Crippen LogP contribution in [0.2, 0.25) is 0 Å². The van der Waals surface area contributed by atoms with Crippen LogP contribution in [0.3, 0.4) is 0 Å². The number of aromatic nitrogens is 3. The van der Waals surface area contributed by atoms with Gasteiger partial charge in [0.05, 0.1) is 5.52 Å². The number of nitrogens with two attached hydrogens (primary N) is 1. The molecule has 1 heterocycles. The average Bonchev–Trinajstić information content (AvgIpc) is 2.18. The van der Waals surface area contributed by atoms with Crippen LogP contribution in [0.25, 0.3) is 11.0 Å². The topological polar surface area (TPSA) is 64.7 Å². The lowest BCUT2D eigenvalue weighted by atomic mass is 10.3. The Morgan fingerprint density at radius 2 is 2.14 bits per heavy atom. The zero-order chi connectivity index (χ0) is 9.97. The third-order valence-corrected chi connectivity index (χ3v) is 2.49. The van der Waals surface area contributed by atoms with Crippen molar-refractivity contribution in [2.24, 2.45) is 5.73 Å². The third kappa shape index (κ3) is 1.73. The standard InChI is InChI=1S/C9H9BrN4/c10-6-2-1-3-7-9(6)14-13-8(12-7)4-5-11/h1-3H,4-5,11H2. The highest BCUT2D eigenvalue weighted by Gasteiger charge is 2.03. The van der Waals surface area contributed by atoms with E-state index in [1.54, 1.807) is 0 Å². The molecule has 72 valence electrons. The Labute approximate surface area is 89.7 Å². The number of benzene rings is 1. The predicted octanol–water partition coefficient (Wildman–Crippen LogP) is 1.29. The molecule has 1 aromatic heterocycles. The summed E-state index contributed by atoms with van der Waals surface area (Å²) in [7, 11) is 0. The van der Waals surface area contributed by atoms with E-state index in [1.165, 1.54) is 0 Å². The molecule has 0 saturated carbocycles. The summed E-state index contributed by atoms with van der Waals surface area (Å²) in [5, 5.41) is 8.07. The van der Waals surface area contributed by atoms with Crippen molar-refractivity contribution in [3.63, 3.8) is 0 Å². The first-order valence-electron chi connectivity index (χ1n) is 4.29. The van der Waals surface area contributed by atoms with Gasteiger partial charge in [0.15, 0.2) is 5.82 Å². The van der Waals surface area contributed by atoms with E-state index in [-0.39, 0.29) is 0 Å².